The van der Waals surface area contributed by atoms with Crippen molar-refractivity contribution in [3.63, 3.8) is 0 Å². The number of hydrogen-bond donors (Lipinski definition) is 1. The summed E-state index contributed by atoms with van der Waals surface area (Å²) in [7, 11) is 0. The summed E-state index contributed by atoms with van der Waals surface area (Å²) in [6.07, 6.45) is -0.620. The zero-order valence-electron chi connectivity index (χ0n) is 15.3. The van der Waals surface area contributed by atoms with Crippen molar-refractivity contribution < 1.29 is 9.84 Å². The van der Waals surface area contributed by atoms with Crippen molar-refractivity contribution >= 4 is 16.7 Å². The van der Waals surface area contributed by atoms with Gasteiger partial charge in [-0.3, -0.25) is 14.1 Å². The first-order valence-electron chi connectivity index (χ1n) is 9.12. The van der Waals surface area contributed by atoms with Gasteiger partial charge in [-0.25, -0.2) is 0 Å². The van der Waals surface area contributed by atoms with Gasteiger partial charge in [0, 0.05) is 25.7 Å². The number of β-amino-alcohol motifs (C(OH)–C–C–N with tert-alkyl or cyclic N) is 1. The van der Waals surface area contributed by atoms with E-state index < -0.39 is 6.10 Å². The lowest BCUT2D eigenvalue weighted by molar-refractivity contribution is 0.0119. The van der Waals surface area contributed by atoms with Crippen molar-refractivity contribution in [3.8, 4) is 6.07 Å². The summed E-state index contributed by atoms with van der Waals surface area (Å²) in [6, 6.07) is 11.3. The molecule has 0 aliphatic carbocycles. The fraction of sp³-hybridized carbons (Fsp3) is 0.400. The highest BCUT2D eigenvalue weighted by Gasteiger charge is 2.21. The third-order valence-corrected chi connectivity index (χ3v) is 5.14. The zero-order chi connectivity index (χ0) is 19.0. The van der Waals surface area contributed by atoms with Gasteiger partial charge in [-0.2, -0.15) is 5.26 Å². The van der Waals surface area contributed by atoms with Crippen LogP contribution in [-0.4, -0.2) is 57.9 Å². The van der Waals surface area contributed by atoms with Crippen LogP contribution in [0.5, 0.6) is 0 Å². The summed E-state index contributed by atoms with van der Waals surface area (Å²) in [4.78, 5) is 14.8. The maximum Gasteiger partial charge on any atom is 0.257 e. The Labute approximate surface area is 156 Å². The van der Waals surface area contributed by atoms with Crippen molar-refractivity contribution in [1.29, 1.82) is 5.26 Å². The van der Waals surface area contributed by atoms with Crippen molar-refractivity contribution in [1.82, 2.24) is 13.9 Å². The van der Waals surface area contributed by atoms with Crippen LogP contribution >= 0.6 is 0 Å². The Morgan fingerprint density at radius 1 is 1.22 bits per heavy atom. The van der Waals surface area contributed by atoms with E-state index in [-0.39, 0.29) is 5.56 Å². The van der Waals surface area contributed by atoms with Gasteiger partial charge in [0.15, 0.2) is 0 Å². The normalized spacial score (nSPS) is 16.6. The third kappa shape index (κ3) is 3.12. The second-order valence-corrected chi connectivity index (χ2v) is 6.98. The lowest BCUT2D eigenvalue weighted by Gasteiger charge is -2.28. The van der Waals surface area contributed by atoms with Gasteiger partial charge in [0.05, 0.1) is 42.5 Å². The highest BCUT2D eigenvalue weighted by molar-refractivity contribution is 5.84. The Balaban J connectivity index is 1.83. The van der Waals surface area contributed by atoms with Crippen LogP contribution in [0.25, 0.3) is 16.7 Å². The van der Waals surface area contributed by atoms with Crippen molar-refractivity contribution in [2.75, 3.05) is 32.8 Å². The van der Waals surface area contributed by atoms with E-state index in [9.17, 15) is 15.2 Å². The molecule has 0 saturated carbocycles. The van der Waals surface area contributed by atoms with Gasteiger partial charge in [0.1, 0.15) is 11.7 Å². The molecule has 0 unspecified atom stereocenters. The summed E-state index contributed by atoms with van der Waals surface area (Å²) in [5, 5.41) is 20.4. The van der Waals surface area contributed by atoms with Gasteiger partial charge in [0.25, 0.3) is 5.56 Å². The molecule has 1 saturated heterocycles. The summed E-state index contributed by atoms with van der Waals surface area (Å²) in [6.45, 7) is 5.56. The van der Waals surface area contributed by atoms with E-state index in [1.54, 1.807) is 11.3 Å². The maximum atomic E-state index is 12.7. The Kier molecular flexibility index (Phi) is 4.70. The average Bonchev–Trinajstić information content (AvgIpc) is 2.98. The molecule has 1 N–H and O–H groups in total. The highest BCUT2D eigenvalue weighted by Crippen LogP contribution is 2.24. The molecule has 3 heterocycles. The highest BCUT2D eigenvalue weighted by atomic mass is 16.5. The van der Waals surface area contributed by atoms with Crippen LogP contribution in [0.3, 0.4) is 0 Å². The van der Waals surface area contributed by atoms with E-state index in [0.29, 0.717) is 43.1 Å². The fourth-order valence-corrected chi connectivity index (χ4v) is 3.87. The molecule has 1 aromatic carbocycles. The molecule has 7 nitrogen and oxygen atoms in total. The number of ether oxygens (including phenoxy) is 1. The zero-order valence-corrected chi connectivity index (χ0v) is 15.3. The molecule has 0 amide bonds. The molecule has 1 fully saturated rings. The van der Waals surface area contributed by atoms with Crippen molar-refractivity contribution in [2.45, 2.75) is 19.6 Å². The number of morpholine rings is 1. The molecular weight excluding hydrogens is 344 g/mol. The molecule has 27 heavy (non-hydrogen) atoms. The minimum atomic E-state index is -0.620. The second-order valence-electron chi connectivity index (χ2n) is 6.98. The fourth-order valence-electron chi connectivity index (χ4n) is 3.87. The Morgan fingerprint density at radius 3 is 2.63 bits per heavy atom. The van der Waals surface area contributed by atoms with E-state index in [1.165, 1.54) is 6.07 Å². The number of imidazole rings is 1. The first kappa shape index (κ1) is 17.7. The largest absolute Gasteiger partial charge is 0.390 e. The Bertz CT molecular complexity index is 1090. The predicted octanol–water partition coefficient (Wildman–Crippen LogP) is 1.13. The number of aliphatic hydroxyl groups is 1. The van der Waals surface area contributed by atoms with E-state index in [0.717, 1.165) is 24.1 Å². The number of fused-ring (bicyclic) bond motifs is 3. The van der Waals surface area contributed by atoms with Crippen LogP contribution in [0.1, 0.15) is 11.1 Å². The molecule has 140 valence electrons. The standard InChI is InChI=1S/C20H22N4O3/c1-14-10-19(26)24-18-5-3-2-4-17(18)23(20(24)16(14)11-21)13-15(25)12-22-6-8-27-9-7-22/h2-5,10,15,25H,6-9,12-13H2,1H3/t15-/m1/s1. The van der Waals surface area contributed by atoms with Gasteiger partial charge >= 0.3 is 0 Å². The number of hydrogen-bond acceptors (Lipinski definition) is 5. The van der Waals surface area contributed by atoms with E-state index in [4.69, 9.17) is 4.74 Å². The number of aromatic nitrogens is 2. The van der Waals surface area contributed by atoms with Gasteiger partial charge in [0.2, 0.25) is 0 Å². The molecular formula is C20H22N4O3. The van der Waals surface area contributed by atoms with Crippen LogP contribution in [0.15, 0.2) is 35.1 Å². The molecule has 0 spiro atoms. The lowest BCUT2D eigenvalue weighted by atomic mass is 10.1. The SMILES string of the molecule is Cc1cc(=O)n2c3ccccc3n(C[C@H](O)CN3CCOCC3)c2c1C#N. The van der Waals surface area contributed by atoms with Crippen LogP contribution in [0.4, 0.5) is 0 Å². The minimum absolute atomic E-state index is 0.167. The molecule has 7 heteroatoms. The molecule has 0 bridgehead atoms. The van der Waals surface area contributed by atoms with Crippen LogP contribution in [0, 0.1) is 18.3 Å². The average molecular weight is 366 g/mol. The molecule has 1 aliphatic heterocycles. The van der Waals surface area contributed by atoms with Crippen molar-refractivity contribution in [2.24, 2.45) is 0 Å². The monoisotopic (exact) mass is 366 g/mol. The van der Waals surface area contributed by atoms with E-state index >= 15 is 0 Å². The van der Waals surface area contributed by atoms with Crippen molar-refractivity contribution in [3.05, 3.63) is 51.8 Å². The van der Waals surface area contributed by atoms with Crippen LogP contribution in [-0.2, 0) is 11.3 Å². The smallest absolute Gasteiger partial charge is 0.257 e. The quantitative estimate of drug-likeness (QED) is 0.748. The number of aryl methyl sites for hydroxylation is 1. The number of aliphatic hydroxyl groups excluding tert-OH is 1. The second kappa shape index (κ2) is 7.16. The van der Waals surface area contributed by atoms with Gasteiger partial charge < -0.3 is 14.4 Å². The first-order valence-corrected chi connectivity index (χ1v) is 9.12. The number of nitrogens with zero attached hydrogens (tertiary/aromatic N) is 4. The minimum Gasteiger partial charge on any atom is -0.390 e. The predicted molar refractivity (Wildman–Crippen MR) is 102 cm³/mol. The number of para-hydroxylation sites is 2. The Morgan fingerprint density at radius 2 is 1.93 bits per heavy atom. The molecule has 1 aliphatic rings. The van der Waals surface area contributed by atoms with Gasteiger partial charge in [-0.05, 0) is 24.6 Å². The third-order valence-electron chi connectivity index (χ3n) is 5.14. The first-order chi connectivity index (χ1) is 13.1. The number of nitriles is 1. The molecule has 2 aromatic heterocycles. The topological polar surface area (TPSA) is 82.9 Å². The lowest BCUT2D eigenvalue weighted by Crippen LogP contribution is -2.42. The molecule has 3 aromatic rings. The van der Waals surface area contributed by atoms with E-state index in [1.807, 2.05) is 28.8 Å². The van der Waals surface area contributed by atoms with E-state index in [2.05, 4.69) is 11.0 Å². The summed E-state index contributed by atoms with van der Waals surface area (Å²) in [5.74, 6) is 0. The number of pyridine rings is 1. The molecule has 0 radical (unpaired) electrons. The van der Waals surface area contributed by atoms with Crippen LogP contribution in [0.2, 0.25) is 0 Å². The summed E-state index contributed by atoms with van der Waals surface area (Å²) < 4.78 is 8.82. The molecule has 4 rings (SSSR count). The van der Waals surface area contributed by atoms with Gasteiger partial charge in [-0.1, -0.05) is 12.1 Å². The van der Waals surface area contributed by atoms with Gasteiger partial charge in [-0.15, -0.1) is 0 Å². The number of rotatable bonds is 4. The molecule has 1 atom stereocenters. The maximum absolute atomic E-state index is 12.7. The van der Waals surface area contributed by atoms with Crippen LogP contribution < -0.4 is 5.56 Å². The summed E-state index contributed by atoms with van der Waals surface area (Å²) >= 11 is 0. The Hall–Kier alpha value is -2.66. The summed E-state index contributed by atoms with van der Waals surface area (Å²) in [5.41, 5.74) is 3.06. The number of benzene rings is 1.